The Morgan fingerprint density at radius 3 is 2.52 bits per heavy atom. The standard InChI is InChI=1S/C24H22O5/c1-13-5-6-14(2)18(9-13)12-27-19-7-8-20-17(10-19)11-21(28-20)23-15(3)22(25)16(4)24(26)29-23/h5-11,25H,12H2,1-4H3. The van der Waals surface area contributed by atoms with Crippen molar-refractivity contribution in [1.29, 1.82) is 0 Å². The highest BCUT2D eigenvalue weighted by Crippen LogP contribution is 2.34. The van der Waals surface area contributed by atoms with Crippen LogP contribution >= 0.6 is 0 Å². The zero-order chi connectivity index (χ0) is 20.7. The summed E-state index contributed by atoms with van der Waals surface area (Å²) in [5, 5.41) is 11.0. The van der Waals surface area contributed by atoms with Crippen LogP contribution in [0.5, 0.6) is 11.5 Å². The lowest BCUT2D eigenvalue weighted by molar-refractivity contribution is 0.305. The van der Waals surface area contributed by atoms with Gasteiger partial charge in [-0.3, -0.25) is 0 Å². The van der Waals surface area contributed by atoms with Gasteiger partial charge in [0.15, 0.2) is 11.5 Å². The molecule has 0 amide bonds. The molecule has 0 aliphatic carbocycles. The molecule has 0 spiro atoms. The van der Waals surface area contributed by atoms with Gasteiger partial charge in [-0.2, -0.15) is 0 Å². The first kappa shape index (κ1) is 18.9. The van der Waals surface area contributed by atoms with Crippen molar-refractivity contribution in [2.24, 2.45) is 0 Å². The number of aromatic hydroxyl groups is 1. The summed E-state index contributed by atoms with van der Waals surface area (Å²) in [5.41, 5.74) is 4.24. The van der Waals surface area contributed by atoms with E-state index < -0.39 is 5.63 Å². The molecule has 1 N–H and O–H groups in total. The molecule has 0 aliphatic rings. The Kier molecular flexibility index (Phi) is 4.66. The predicted octanol–water partition coefficient (Wildman–Crippen LogP) is 5.57. The van der Waals surface area contributed by atoms with Crippen LogP contribution in [0.2, 0.25) is 0 Å². The Bertz CT molecular complexity index is 1280. The van der Waals surface area contributed by atoms with E-state index in [2.05, 4.69) is 32.0 Å². The molecule has 4 rings (SSSR count). The van der Waals surface area contributed by atoms with Crippen molar-refractivity contribution in [2.45, 2.75) is 34.3 Å². The summed E-state index contributed by atoms with van der Waals surface area (Å²) < 4.78 is 17.2. The SMILES string of the molecule is Cc1ccc(C)c(COc2ccc3oc(-c4oc(=O)c(C)c(O)c4C)cc3c2)c1. The van der Waals surface area contributed by atoms with Gasteiger partial charge in [0.2, 0.25) is 0 Å². The molecule has 0 unspecified atom stereocenters. The zero-order valence-corrected chi connectivity index (χ0v) is 16.8. The predicted molar refractivity (Wildman–Crippen MR) is 112 cm³/mol. The van der Waals surface area contributed by atoms with Crippen LogP contribution in [0.1, 0.15) is 27.8 Å². The maximum atomic E-state index is 11.9. The lowest BCUT2D eigenvalue weighted by Gasteiger charge is -2.09. The molecule has 4 aromatic rings. The average molecular weight is 390 g/mol. The molecule has 148 valence electrons. The second kappa shape index (κ2) is 7.17. The maximum Gasteiger partial charge on any atom is 0.343 e. The highest BCUT2D eigenvalue weighted by molar-refractivity contribution is 5.84. The van der Waals surface area contributed by atoms with Crippen molar-refractivity contribution < 1.29 is 18.7 Å². The first-order valence-corrected chi connectivity index (χ1v) is 9.39. The van der Waals surface area contributed by atoms with E-state index in [0.29, 0.717) is 23.5 Å². The molecule has 0 bridgehead atoms. The molecule has 5 nitrogen and oxygen atoms in total. The summed E-state index contributed by atoms with van der Waals surface area (Å²) >= 11 is 0. The third-order valence-corrected chi connectivity index (χ3v) is 5.16. The molecule has 2 heterocycles. The minimum absolute atomic E-state index is 0.0748. The summed E-state index contributed by atoms with van der Waals surface area (Å²) in [4.78, 5) is 11.9. The number of benzene rings is 2. The van der Waals surface area contributed by atoms with E-state index in [1.165, 1.54) is 18.1 Å². The van der Waals surface area contributed by atoms with Crippen LogP contribution in [0.4, 0.5) is 0 Å². The molecule has 0 saturated carbocycles. The van der Waals surface area contributed by atoms with E-state index in [4.69, 9.17) is 13.6 Å². The van der Waals surface area contributed by atoms with Gasteiger partial charge < -0.3 is 18.7 Å². The fourth-order valence-corrected chi connectivity index (χ4v) is 3.31. The van der Waals surface area contributed by atoms with Gasteiger partial charge in [-0.1, -0.05) is 23.8 Å². The number of fused-ring (bicyclic) bond motifs is 1. The Morgan fingerprint density at radius 1 is 0.931 bits per heavy atom. The lowest BCUT2D eigenvalue weighted by Crippen LogP contribution is -2.05. The lowest BCUT2D eigenvalue weighted by atomic mass is 10.1. The van der Waals surface area contributed by atoms with Crippen molar-refractivity contribution in [1.82, 2.24) is 0 Å². The smallest absolute Gasteiger partial charge is 0.343 e. The fraction of sp³-hybridized carbons (Fsp3) is 0.208. The van der Waals surface area contributed by atoms with Crippen LogP contribution < -0.4 is 10.4 Å². The highest BCUT2D eigenvalue weighted by atomic mass is 16.5. The minimum atomic E-state index is -0.582. The van der Waals surface area contributed by atoms with Gasteiger partial charge in [-0.25, -0.2) is 4.79 Å². The second-order valence-electron chi connectivity index (χ2n) is 7.35. The normalized spacial score (nSPS) is 11.2. The molecule has 0 aliphatic heterocycles. The first-order chi connectivity index (χ1) is 13.8. The van der Waals surface area contributed by atoms with Gasteiger partial charge in [-0.15, -0.1) is 0 Å². The van der Waals surface area contributed by atoms with E-state index in [-0.39, 0.29) is 17.1 Å². The molecular formula is C24H22O5. The van der Waals surface area contributed by atoms with Crippen molar-refractivity contribution in [3.63, 3.8) is 0 Å². The van der Waals surface area contributed by atoms with Crippen molar-refractivity contribution >= 4 is 11.0 Å². The molecule has 0 atom stereocenters. The van der Waals surface area contributed by atoms with E-state index >= 15 is 0 Å². The number of hydrogen-bond donors (Lipinski definition) is 1. The second-order valence-corrected chi connectivity index (χ2v) is 7.35. The van der Waals surface area contributed by atoms with Crippen molar-refractivity contribution in [3.05, 3.63) is 80.7 Å². The number of furan rings is 1. The Labute approximate surface area is 168 Å². The van der Waals surface area contributed by atoms with Gasteiger partial charge >= 0.3 is 5.63 Å². The van der Waals surface area contributed by atoms with Crippen molar-refractivity contribution in [3.8, 4) is 23.0 Å². The average Bonchev–Trinajstić information content (AvgIpc) is 3.12. The van der Waals surface area contributed by atoms with Crippen LogP contribution in [0, 0.1) is 27.7 Å². The van der Waals surface area contributed by atoms with Gasteiger partial charge in [0.1, 0.15) is 23.7 Å². The summed E-state index contributed by atoms with van der Waals surface area (Å²) in [6.45, 7) is 7.81. The van der Waals surface area contributed by atoms with E-state index in [1.54, 1.807) is 13.0 Å². The van der Waals surface area contributed by atoms with Crippen LogP contribution in [0.25, 0.3) is 22.5 Å². The van der Waals surface area contributed by atoms with Crippen LogP contribution in [-0.4, -0.2) is 5.11 Å². The van der Waals surface area contributed by atoms with Crippen LogP contribution in [0.15, 0.2) is 56.1 Å². The molecule has 5 heteroatoms. The number of ether oxygens (including phenoxy) is 1. The molecule has 2 aromatic carbocycles. The summed E-state index contributed by atoms with van der Waals surface area (Å²) in [7, 11) is 0. The number of aryl methyl sites for hydroxylation is 2. The van der Waals surface area contributed by atoms with Crippen molar-refractivity contribution in [2.75, 3.05) is 0 Å². The third kappa shape index (κ3) is 3.51. The number of rotatable bonds is 4. The number of hydrogen-bond acceptors (Lipinski definition) is 5. The highest BCUT2D eigenvalue weighted by Gasteiger charge is 2.18. The van der Waals surface area contributed by atoms with Crippen LogP contribution in [0.3, 0.4) is 0 Å². The first-order valence-electron chi connectivity index (χ1n) is 9.39. The summed E-state index contributed by atoms with van der Waals surface area (Å²) in [5.74, 6) is 1.26. The van der Waals surface area contributed by atoms with Gasteiger partial charge in [0.25, 0.3) is 0 Å². The summed E-state index contributed by atoms with van der Waals surface area (Å²) in [6, 6.07) is 13.6. The molecule has 0 radical (unpaired) electrons. The fourth-order valence-electron chi connectivity index (χ4n) is 3.31. The zero-order valence-electron chi connectivity index (χ0n) is 16.8. The Morgan fingerprint density at radius 2 is 1.72 bits per heavy atom. The quantitative estimate of drug-likeness (QED) is 0.493. The molecule has 0 saturated heterocycles. The van der Waals surface area contributed by atoms with Crippen LogP contribution in [-0.2, 0) is 6.61 Å². The van der Waals surface area contributed by atoms with Gasteiger partial charge in [-0.05, 0) is 63.1 Å². The van der Waals surface area contributed by atoms with E-state index in [0.717, 1.165) is 16.7 Å². The van der Waals surface area contributed by atoms with Gasteiger partial charge in [0, 0.05) is 10.9 Å². The molecule has 2 aromatic heterocycles. The Hall–Kier alpha value is -3.47. The van der Waals surface area contributed by atoms with E-state index in [1.807, 2.05) is 18.2 Å². The third-order valence-electron chi connectivity index (χ3n) is 5.16. The largest absolute Gasteiger partial charge is 0.507 e. The molecule has 29 heavy (non-hydrogen) atoms. The monoisotopic (exact) mass is 390 g/mol. The van der Waals surface area contributed by atoms with Gasteiger partial charge in [0.05, 0.1) is 5.56 Å². The Balaban J connectivity index is 1.65. The summed E-state index contributed by atoms with van der Waals surface area (Å²) in [6.07, 6.45) is 0. The maximum absolute atomic E-state index is 11.9. The van der Waals surface area contributed by atoms with E-state index in [9.17, 15) is 9.90 Å². The molecule has 0 fully saturated rings. The molecular weight excluding hydrogens is 368 g/mol. The minimum Gasteiger partial charge on any atom is -0.507 e. The topological polar surface area (TPSA) is 72.8 Å².